The highest BCUT2D eigenvalue weighted by atomic mass is 15.2. The van der Waals surface area contributed by atoms with Crippen molar-refractivity contribution >= 4 is 33.4 Å². The van der Waals surface area contributed by atoms with Crippen LogP contribution in [0.25, 0.3) is 49.9 Å². The normalized spacial score (nSPS) is 14.7. The van der Waals surface area contributed by atoms with Gasteiger partial charge in [0.1, 0.15) is 0 Å². The van der Waals surface area contributed by atoms with E-state index in [-0.39, 0.29) is 11.5 Å². The van der Waals surface area contributed by atoms with Crippen molar-refractivity contribution in [2.45, 2.75) is 25.3 Å². The summed E-state index contributed by atoms with van der Waals surface area (Å²) in [7, 11) is 0. The van der Waals surface area contributed by atoms with Crippen LogP contribution in [0.5, 0.6) is 0 Å². The van der Waals surface area contributed by atoms with E-state index in [4.69, 9.17) is 5.11 Å². The Morgan fingerprint density at radius 3 is 1.76 bits per heavy atom. The molecule has 0 spiro atoms. The van der Waals surface area contributed by atoms with Gasteiger partial charge in [-0.1, -0.05) is 178 Å². The maximum absolute atomic E-state index is 5.59. The monoisotopic (exact) mass is 756 g/mol. The summed E-state index contributed by atoms with van der Waals surface area (Å²) in [6, 6.07) is 76.9. The minimum Gasteiger partial charge on any atom is -0.310 e. The molecule has 59 heavy (non-hydrogen) atoms. The molecular formula is C56H42N3+. The highest BCUT2D eigenvalue weighted by molar-refractivity contribution is 5.96. The molecule has 1 atom stereocenters. The van der Waals surface area contributed by atoms with Gasteiger partial charge in [-0.25, -0.2) is 0 Å². The van der Waals surface area contributed by atoms with E-state index >= 15 is 0 Å². The molecule has 8 aromatic carbocycles. The van der Waals surface area contributed by atoms with E-state index in [9.17, 15) is 0 Å². The van der Waals surface area contributed by atoms with Crippen LogP contribution in [0.15, 0.2) is 217 Å². The van der Waals surface area contributed by atoms with Crippen LogP contribution < -0.4 is 14.6 Å². The smallest absolute Gasteiger partial charge is 0.252 e. The molecule has 0 amide bonds. The average Bonchev–Trinajstić information content (AvgIpc) is 3.81. The summed E-state index contributed by atoms with van der Waals surface area (Å²) < 4.78 is 2.22. The maximum Gasteiger partial charge on any atom is 0.252 e. The predicted molar refractivity (Wildman–Crippen MR) is 243 cm³/mol. The van der Waals surface area contributed by atoms with Gasteiger partial charge in [0.25, 0.3) is 5.35 Å². The molecule has 1 aliphatic carbocycles. The van der Waals surface area contributed by atoms with Gasteiger partial charge in [-0.05, 0) is 96.3 Å². The zero-order chi connectivity index (χ0) is 39.5. The first kappa shape index (κ1) is 34.9. The Labute approximate surface area is 345 Å². The lowest BCUT2D eigenvalue weighted by atomic mass is 9.82. The molecule has 2 heterocycles. The molecule has 0 bridgehead atoms. The van der Waals surface area contributed by atoms with Gasteiger partial charge in [0, 0.05) is 34.0 Å². The lowest BCUT2D eigenvalue weighted by Crippen LogP contribution is -2.38. The lowest BCUT2D eigenvalue weighted by Gasteiger charge is -2.30. The SMILES string of the molecule is CC1(C)c2ccccc2-c2ccc(N(c3ccc4cc(-c5ccccc5)[n+]5c(c4c3)=C(c3ccccc3)C(c3ccccc3)N=5)c3ccccc3-c3ccccc3)cc21. The molecule has 0 saturated heterocycles. The number of benzene rings is 8. The van der Waals surface area contributed by atoms with Crippen LogP contribution >= 0.6 is 0 Å². The molecule has 0 N–H and O–H groups in total. The Hall–Kier alpha value is -7.36. The average molecular weight is 757 g/mol. The standard InChI is InChI=1S/C56H42N3/c1-56(2)49-29-17-15-28-46(49)47-34-33-44(37-50(47)56)58(51-30-18-16-27-45(51)38-19-7-3-8-20-38)43-32-31-42-35-52(39-21-9-4-10-22-39)59-55(48(42)36-43)53(40-23-11-5-12-24-40)54(57-59)41-25-13-6-14-26-41/h3-37,54H,1-2H3/q+1. The third-order valence-electron chi connectivity index (χ3n) is 12.4. The second-order valence-corrected chi connectivity index (χ2v) is 16.2. The van der Waals surface area contributed by atoms with Crippen LogP contribution in [0.2, 0.25) is 0 Å². The predicted octanol–water partition coefficient (Wildman–Crippen LogP) is 13.2. The van der Waals surface area contributed by atoms with E-state index in [0.29, 0.717) is 0 Å². The number of fused-ring (bicyclic) bond motifs is 6. The molecule has 3 heteroatoms. The quantitative estimate of drug-likeness (QED) is 0.148. The number of pyridine rings is 1. The molecule has 0 saturated carbocycles. The van der Waals surface area contributed by atoms with Gasteiger partial charge in [0.2, 0.25) is 5.69 Å². The van der Waals surface area contributed by atoms with E-state index in [1.807, 2.05) is 0 Å². The van der Waals surface area contributed by atoms with Crippen LogP contribution in [0.4, 0.5) is 17.1 Å². The van der Waals surface area contributed by atoms with Gasteiger partial charge in [0.05, 0.1) is 16.6 Å². The van der Waals surface area contributed by atoms with Crippen molar-refractivity contribution < 1.29 is 4.36 Å². The van der Waals surface area contributed by atoms with E-state index < -0.39 is 0 Å². The zero-order valence-corrected chi connectivity index (χ0v) is 33.1. The molecule has 0 radical (unpaired) electrons. The first-order valence-corrected chi connectivity index (χ1v) is 20.5. The number of nitrogens with zero attached hydrogens (tertiary/aromatic N) is 3. The zero-order valence-electron chi connectivity index (χ0n) is 33.1. The Morgan fingerprint density at radius 2 is 1.03 bits per heavy atom. The van der Waals surface area contributed by atoms with Crippen molar-refractivity contribution in [1.82, 2.24) is 0 Å². The van der Waals surface area contributed by atoms with Crippen LogP contribution in [-0.4, -0.2) is 0 Å². The van der Waals surface area contributed by atoms with Crippen molar-refractivity contribution in [1.29, 1.82) is 0 Å². The number of hydrogen-bond donors (Lipinski definition) is 0. The second kappa shape index (κ2) is 13.9. The van der Waals surface area contributed by atoms with Gasteiger partial charge >= 0.3 is 0 Å². The molecule has 11 rings (SSSR count). The van der Waals surface area contributed by atoms with Gasteiger partial charge in [-0.2, -0.15) is 0 Å². The molecule has 1 aliphatic heterocycles. The summed E-state index contributed by atoms with van der Waals surface area (Å²) in [5, 5.41) is 9.02. The van der Waals surface area contributed by atoms with Crippen LogP contribution in [-0.2, 0) is 5.41 Å². The fraction of sp³-hybridized carbons (Fsp3) is 0.0714. The summed E-state index contributed by atoms with van der Waals surface area (Å²) in [5.41, 5.74) is 16.6. The molecule has 280 valence electrons. The topological polar surface area (TPSA) is 21.5 Å². The lowest BCUT2D eigenvalue weighted by molar-refractivity contribution is -0.546. The molecular weight excluding hydrogens is 715 g/mol. The van der Waals surface area contributed by atoms with Crippen molar-refractivity contribution in [3.63, 3.8) is 0 Å². The van der Waals surface area contributed by atoms with Gasteiger partial charge < -0.3 is 4.90 Å². The number of aromatic nitrogens is 1. The van der Waals surface area contributed by atoms with E-state index in [1.54, 1.807) is 0 Å². The van der Waals surface area contributed by atoms with Crippen LogP contribution in [0.3, 0.4) is 0 Å². The fourth-order valence-electron chi connectivity index (χ4n) is 9.52. The Bertz CT molecular complexity index is 3170. The van der Waals surface area contributed by atoms with Crippen molar-refractivity contribution in [3.05, 3.63) is 240 Å². The number of para-hydroxylation sites is 1. The van der Waals surface area contributed by atoms with E-state index in [2.05, 4.69) is 235 Å². The first-order valence-electron chi connectivity index (χ1n) is 20.5. The van der Waals surface area contributed by atoms with Gasteiger partial charge in [-0.15, -0.1) is 0 Å². The van der Waals surface area contributed by atoms with E-state index in [1.165, 1.54) is 50.1 Å². The summed E-state index contributed by atoms with van der Waals surface area (Å²) in [6.07, 6.45) is 0. The number of hydrogen-bond acceptors (Lipinski definition) is 2. The number of anilines is 3. The van der Waals surface area contributed by atoms with Crippen molar-refractivity contribution in [2.75, 3.05) is 4.90 Å². The van der Waals surface area contributed by atoms with Crippen molar-refractivity contribution in [3.8, 4) is 33.5 Å². The second-order valence-electron chi connectivity index (χ2n) is 16.2. The molecule has 0 fully saturated rings. The Balaban J connectivity index is 1.22. The Kier molecular flexibility index (Phi) is 8.23. The third kappa shape index (κ3) is 5.73. The highest BCUT2D eigenvalue weighted by Crippen LogP contribution is 2.51. The molecule has 9 aromatic rings. The Morgan fingerprint density at radius 1 is 0.475 bits per heavy atom. The molecule has 2 aliphatic rings. The van der Waals surface area contributed by atoms with Gasteiger partial charge in [-0.3, -0.25) is 0 Å². The van der Waals surface area contributed by atoms with E-state index in [0.717, 1.165) is 44.4 Å². The molecule has 3 nitrogen and oxygen atoms in total. The van der Waals surface area contributed by atoms with Crippen LogP contribution in [0.1, 0.15) is 42.1 Å². The van der Waals surface area contributed by atoms with Crippen LogP contribution in [0, 0.1) is 0 Å². The minimum atomic E-state index is -0.189. The van der Waals surface area contributed by atoms with Gasteiger partial charge in [0.15, 0.2) is 6.04 Å². The highest BCUT2D eigenvalue weighted by Gasteiger charge is 2.37. The van der Waals surface area contributed by atoms with Crippen molar-refractivity contribution in [2.24, 2.45) is 5.11 Å². The fourth-order valence-corrected chi connectivity index (χ4v) is 9.52. The summed E-state index contributed by atoms with van der Waals surface area (Å²) >= 11 is 0. The largest absolute Gasteiger partial charge is 0.310 e. The summed E-state index contributed by atoms with van der Waals surface area (Å²) in [4.78, 5) is 2.46. The maximum atomic E-state index is 5.59. The summed E-state index contributed by atoms with van der Waals surface area (Å²) in [6.45, 7) is 4.72. The molecule has 1 unspecified atom stereocenters. The minimum absolute atomic E-state index is 0.144. The molecule has 1 aromatic heterocycles. The number of rotatable bonds is 7. The summed E-state index contributed by atoms with van der Waals surface area (Å²) in [5.74, 6) is 0. The first-order chi connectivity index (χ1) is 29.0. The third-order valence-corrected chi connectivity index (χ3v) is 12.4.